The largest absolute Gasteiger partial charge is 0.483 e. The third-order valence-corrected chi connectivity index (χ3v) is 5.29. The van der Waals surface area contributed by atoms with Crippen molar-refractivity contribution < 1.29 is 9.53 Å². The van der Waals surface area contributed by atoms with Crippen molar-refractivity contribution in [3.63, 3.8) is 0 Å². The van der Waals surface area contributed by atoms with E-state index in [-0.39, 0.29) is 18.6 Å². The summed E-state index contributed by atoms with van der Waals surface area (Å²) in [4.78, 5) is 29.0. The first-order valence-electron chi connectivity index (χ1n) is 9.80. The molecule has 0 bridgehead atoms. The van der Waals surface area contributed by atoms with E-state index in [0.717, 1.165) is 16.0 Å². The van der Waals surface area contributed by atoms with Crippen LogP contribution >= 0.6 is 15.9 Å². The maximum Gasteiger partial charge on any atom is 0.321 e. The van der Waals surface area contributed by atoms with E-state index in [4.69, 9.17) is 10.5 Å². The Morgan fingerprint density at radius 3 is 2.71 bits per heavy atom. The number of carbonyl (C=O) groups is 1. The molecule has 31 heavy (non-hydrogen) atoms. The van der Waals surface area contributed by atoms with E-state index >= 15 is 0 Å². The van der Waals surface area contributed by atoms with Crippen molar-refractivity contribution in [2.75, 3.05) is 42.1 Å². The van der Waals surface area contributed by atoms with Crippen molar-refractivity contribution in [2.45, 2.75) is 6.61 Å². The van der Waals surface area contributed by atoms with Gasteiger partial charge in [0.15, 0.2) is 11.6 Å². The van der Waals surface area contributed by atoms with Gasteiger partial charge in [-0.25, -0.2) is 19.7 Å². The van der Waals surface area contributed by atoms with Gasteiger partial charge in [0.25, 0.3) is 0 Å². The topological polar surface area (TPSA) is 109 Å². The van der Waals surface area contributed by atoms with Gasteiger partial charge in [0.05, 0.1) is 5.69 Å². The number of pyridine rings is 1. The quantitative estimate of drug-likeness (QED) is 0.573. The fraction of sp³-hybridized carbons (Fsp3) is 0.238. The van der Waals surface area contributed by atoms with E-state index in [1.807, 2.05) is 36.4 Å². The summed E-state index contributed by atoms with van der Waals surface area (Å²) in [6.45, 7) is 2.73. The summed E-state index contributed by atoms with van der Waals surface area (Å²) in [6, 6.07) is 12.9. The van der Waals surface area contributed by atoms with Gasteiger partial charge in [-0.05, 0) is 36.4 Å². The number of anilines is 3. The summed E-state index contributed by atoms with van der Waals surface area (Å²) in [5.74, 6) is 1.62. The fourth-order valence-corrected chi connectivity index (χ4v) is 3.67. The van der Waals surface area contributed by atoms with Crippen LogP contribution in [0.4, 0.5) is 22.2 Å². The molecule has 10 heteroatoms. The minimum absolute atomic E-state index is 0.114. The van der Waals surface area contributed by atoms with Crippen LogP contribution in [0.15, 0.2) is 59.3 Å². The first-order chi connectivity index (χ1) is 15.1. The second kappa shape index (κ2) is 9.61. The van der Waals surface area contributed by atoms with Crippen LogP contribution in [-0.4, -0.2) is 52.1 Å². The van der Waals surface area contributed by atoms with E-state index in [2.05, 4.69) is 41.1 Å². The molecular weight excluding hydrogens is 462 g/mol. The lowest BCUT2D eigenvalue weighted by atomic mass is 10.3. The van der Waals surface area contributed by atoms with E-state index in [9.17, 15) is 4.79 Å². The molecule has 0 aliphatic carbocycles. The third kappa shape index (κ3) is 5.40. The molecule has 1 aliphatic rings. The number of aromatic nitrogens is 3. The maximum atomic E-state index is 12.6. The standard InChI is InChI=1S/C21H22BrN7O2/c22-15-3-1-4-16(13-15)27-21(30)29-11-9-28(10-12-29)19-18(5-2-7-24-19)31-14-17-6-8-25-20(23)26-17/h1-8,13H,9-12,14H2,(H,27,30)(H2,23,25,26). The van der Waals surface area contributed by atoms with Gasteiger partial charge in [-0.1, -0.05) is 22.0 Å². The zero-order valence-electron chi connectivity index (χ0n) is 16.7. The minimum atomic E-state index is -0.114. The van der Waals surface area contributed by atoms with E-state index < -0.39 is 0 Å². The molecule has 2 aromatic heterocycles. The van der Waals surface area contributed by atoms with Crippen LogP contribution < -0.4 is 20.7 Å². The number of hydrogen-bond donors (Lipinski definition) is 2. The second-order valence-electron chi connectivity index (χ2n) is 6.93. The van der Waals surface area contributed by atoms with Crippen LogP contribution in [0, 0.1) is 0 Å². The number of rotatable bonds is 5. The number of ether oxygens (including phenoxy) is 1. The van der Waals surface area contributed by atoms with Gasteiger partial charge in [0, 0.05) is 48.7 Å². The number of halogens is 1. The van der Waals surface area contributed by atoms with Crippen molar-refractivity contribution in [1.29, 1.82) is 0 Å². The Morgan fingerprint density at radius 2 is 1.94 bits per heavy atom. The number of piperazine rings is 1. The SMILES string of the molecule is Nc1nccc(COc2cccnc2N2CCN(C(=O)Nc3cccc(Br)c3)CC2)n1. The molecule has 2 amide bonds. The molecular formula is C21H22BrN7O2. The number of nitrogens with one attached hydrogen (secondary N) is 1. The second-order valence-corrected chi connectivity index (χ2v) is 7.85. The highest BCUT2D eigenvalue weighted by Crippen LogP contribution is 2.27. The molecule has 3 N–H and O–H groups in total. The average Bonchev–Trinajstić information content (AvgIpc) is 2.78. The first kappa shape index (κ1) is 20.9. The molecule has 1 aliphatic heterocycles. The molecule has 9 nitrogen and oxygen atoms in total. The van der Waals surface area contributed by atoms with Crippen molar-refractivity contribution in [1.82, 2.24) is 19.9 Å². The Hall–Kier alpha value is -3.40. The summed E-state index contributed by atoms with van der Waals surface area (Å²) in [6.07, 6.45) is 3.33. The van der Waals surface area contributed by atoms with Gasteiger partial charge >= 0.3 is 6.03 Å². The van der Waals surface area contributed by atoms with E-state index in [1.165, 1.54) is 0 Å². The normalized spacial score (nSPS) is 13.7. The molecule has 0 unspecified atom stereocenters. The molecule has 4 rings (SSSR count). The van der Waals surface area contributed by atoms with Crippen LogP contribution in [0.3, 0.4) is 0 Å². The van der Waals surface area contributed by atoms with Crippen molar-refractivity contribution in [2.24, 2.45) is 0 Å². The predicted molar refractivity (Wildman–Crippen MR) is 122 cm³/mol. The van der Waals surface area contributed by atoms with Crippen LogP contribution in [-0.2, 0) is 6.61 Å². The molecule has 1 saturated heterocycles. The smallest absolute Gasteiger partial charge is 0.321 e. The minimum Gasteiger partial charge on any atom is -0.483 e. The fourth-order valence-electron chi connectivity index (χ4n) is 3.27. The number of nitrogens with two attached hydrogens (primary N) is 1. The number of hydrogen-bond acceptors (Lipinski definition) is 7. The number of benzene rings is 1. The lowest BCUT2D eigenvalue weighted by Crippen LogP contribution is -2.50. The van der Waals surface area contributed by atoms with Crippen molar-refractivity contribution in [3.05, 3.63) is 65.0 Å². The molecule has 3 heterocycles. The van der Waals surface area contributed by atoms with Gasteiger partial charge in [-0.15, -0.1) is 0 Å². The number of carbonyl (C=O) groups excluding carboxylic acids is 1. The molecule has 0 saturated carbocycles. The molecule has 1 aromatic carbocycles. The summed E-state index contributed by atoms with van der Waals surface area (Å²) in [5.41, 5.74) is 7.08. The summed E-state index contributed by atoms with van der Waals surface area (Å²) < 4.78 is 6.87. The van der Waals surface area contributed by atoms with E-state index in [0.29, 0.717) is 37.6 Å². The van der Waals surface area contributed by atoms with Crippen LogP contribution in [0.5, 0.6) is 5.75 Å². The number of urea groups is 1. The van der Waals surface area contributed by atoms with Crippen LogP contribution in [0.25, 0.3) is 0 Å². The molecule has 3 aromatic rings. The maximum absolute atomic E-state index is 12.6. The third-order valence-electron chi connectivity index (χ3n) is 4.80. The number of nitrogens with zero attached hydrogens (tertiary/aromatic N) is 5. The zero-order chi connectivity index (χ0) is 21.6. The molecule has 1 fully saturated rings. The Labute approximate surface area is 188 Å². The van der Waals surface area contributed by atoms with Crippen molar-refractivity contribution in [3.8, 4) is 5.75 Å². The molecule has 0 atom stereocenters. The Bertz CT molecular complexity index is 1060. The molecule has 0 spiro atoms. The first-order valence-corrected chi connectivity index (χ1v) is 10.6. The highest BCUT2D eigenvalue weighted by atomic mass is 79.9. The van der Waals surface area contributed by atoms with Gasteiger partial charge in [0.1, 0.15) is 6.61 Å². The lowest BCUT2D eigenvalue weighted by Gasteiger charge is -2.35. The van der Waals surface area contributed by atoms with Gasteiger partial charge < -0.3 is 25.6 Å². The molecule has 160 valence electrons. The number of nitrogen functional groups attached to an aromatic ring is 1. The molecule has 0 radical (unpaired) electrons. The van der Waals surface area contributed by atoms with Gasteiger partial charge in [0.2, 0.25) is 5.95 Å². The monoisotopic (exact) mass is 483 g/mol. The number of amides is 2. The Kier molecular flexibility index (Phi) is 6.46. The summed E-state index contributed by atoms with van der Waals surface area (Å²) in [5, 5.41) is 2.94. The summed E-state index contributed by atoms with van der Waals surface area (Å²) in [7, 11) is 0. The van der Waals surface area contributed by atoms with Crippen molar-refractivity contribution >= 4 is 39.4 Å². The average molecular weight is 484 g/mol. The highest BCUT2D eigenvalue weighted by Gasteiger charge is 2.24. The Balaban J connectivity index is 1.36. The summed E-state index contributed by atoms with van der Waals surface area (Å²) >= 11 is 3.42. The van der Waals surface area contributed by atoms with Crippen LogP contribution in [0.2, 0.25) is 0 Å². The van der Waals surface area contributed by atoms with Crippen LogP contribution in [0.1, 0.15) is 5.69 Å². The zero-order valence-corrected chi connectivity index (χ0v) is 18.3. The lowest BCUT2D eigenvalue weighted by molar-refractivity contribution is 0.208. The highest BCUT2D eigenvalue weighted by molar-refractivity contribution is 9.10. The van der Waals surface area contributed by atoms with Gasteiger partial charge in [-0.2, -0.15) is 0 Å². The predicted octanol–water partition coefficient (Wildman–Crippen LogP) is 3.15. The Morgan fingerprint density at radius 1 is 1.10 bits per heavy atom. The van der Waals surface area contributed by atoms with E-state index in [1.54, 1.807) is 23.4 Å². The van der Waals surface area contributed by atoms with Gasteiger partial charge in [-0.3, -0.25) is 0 Å².